The van der Waals surface area contributed by atoms with E-state index in [2.05, 4.69) is 5.32 Å². The molecule has 0 unspecified atom stereocenters. The van der Waals surface area contributed by atoms with Crippen LogP contribution in [0.25, 0.3) is 6.08 Å². The zero-order chi connectivity index (χ0) is 22.8. The summed E-state index contributed by atoms with van der Waals surface area (Å²) in [7, 11) is -1.04. The maximum Gasteiger partial charge on any atom is 0.293 e. The van der Waals surface area contributed by atoms with Crippen molar-refractivity contribution < 1.29 is 22.8 Å². The van der Waals surface area contributed by atoms with Crippen molar-refractivity contribution in [2.75, 3.05) is 26.0 Å². The van der Waals surface area contributed by atoms with E-state index in [1.54, 1.807) is 6.08 Å². The Kier molecular flexibility index (Phi) is 7.22. The van der Waals surface area contributed by atoms with E-state index in [1.807, 2.05) is 17.5 Å². The molecule has 2 heterocycles. The zero-order valence-corrected chi connectivity index (χ0v) is 19.7. The summed E-state index contributed by atoms with van der Waals surface area (Å²) in [5.74, 6) is -0.918. The fraction of sp³-hybridized carbons (Fsp3) is 0.211. The second-order valence-electron chi connectivity index (χ2n) is 6.58. The van der Waals surface area contributed by atoms with Crippen LogP contribution in [0.15, 0.2) is 45.5 Å². The second-order valence-corrected chi connectivity index (χ2v) is 11.1. The molecular weight excluding hydrogens is 482 g/mol. The van der Waals surface area contributed by atoms with Crippen LogP contribution in [0.1, 0.15) is 11.3 Å². The third-order valence-corrected chi connectivity index (χ3v) is 8.25. The van der Waals surface area contributed by atoms with Gasteiger partial charge in [-0.05, 0) is 47.5 Å². The Hall–Kier alpha value is -2.18. The Morgan fingerprint density at radius 2 is 2.00 bits per heavy atom. The molecule has 1 aromatic heterocycles. The van der Waals surface area contributed by atoms with Gasteiger partial charge < -0.3 is 5.32 Å². The van der Waals surface area contributed by atoms with Crippen molar-refractivity contribution in [3.63, 3.8) is 0 Å². The van der Waals surface area contributed by atoms with Gasteiger partial charge in [-0.2, -0.15) is 0 Å². The van der Waals surface area contributed by atoms with E-state index in [1.165, 1.54) is 43.6 Å². The first-order chi connectivity index (χ1) is 14.6. The predicted octanol–water partition coefficient (Wildman–Crippen LogP) is 3.72. The summed E-state index contributed by atoms with van der Waals surface area (Å²) in [6, 6.07) is 7.79. The number of halogens is 1. The first kappa shape index (κ1) is 23.5. The Labute approximate surface area is 192 Å². The highest BCUT2D eigenvalue weighted by atomic mass is 35.5. The highest BCUT2D eigenvalue weighted by molar-refractivity contribution is 8.18. The number of carbonyl (C=O) groups is 3. The molecule has 31 heavy (non-hydrogen) atoms. The van der Waals surface area contributed by atoms with Crippen LogP contribution in [-0.4, -0.2) is 55.3 Å². The average Bonchev–Trinajstić information content (AvgIpc) is 3.30. The van der Waals surface area contributed by atoms with Crippen LogP contribution in [0.4, 0.5) is 10.5 Å². The van der Waals surface area contributed by atoms with Gasteiger partial charge in [0.2, 0.25) is 15.9 Å². The molecule has 0 spiro atoms. The fourth-order valence-corrected chi connectivity index (χ4v) is 5.59. The maximum atomic E-state index is 12.5. The van der Waals surface area contributed by atoms with Gasteiger partial charge in [-0.25, -0.2) is 12.7 Å². The molecule has 12 heteroatoms. The van der Waals surface area contributed by atoms with Gasteiger partial charge in [0.25, 0.3) is 11.1 Å². The molecule has 0 bridgehead atoms. The second kappa shape index (κ2) is 9.53. The largest absolute Gasteiger partial charge is 0.326 e. The number of thiophene rings is 1. The van der Waals surface area contributed by atoms with Gasteiger partial charge in [0.1, 0.15) is 4.90 Å². The van der Waals surface area contributed by atoms with Crippen molar-refractivity contribution in [3.05, 3.63) is 50.5 Å². The molecule has 3 rings (SSSR count). The number of carbonyl (C=O) groups excluding carboxylic acids is 3. The minimum atomic E-state index is -3.79. The van der Waals surface area contributed by atoms with Gasteiger partial charge in [0, 0.05) is 37.6 Å². The molecule has 3 amide bonds. The molecule has 1 aliphatic rings. The number of nitrogens with zero attached hydrogens (tertiary/aromatic N) is 2. The summed E-state index contributed by atoms with van der Waals surface area (Å²) in [6.45, 7) is -0.0886. The van der Waals surface area contributed by atoms with Crippen LogP contribution in [-0.2, 0) is 19.6 Å². The van der Waals surface area contributed by atoms with Crippen molar-refractivity contribution in [2.45, 2.75) is 11.3 Å². The number of nitrogens with one attached hydrogen (secondary N) is 1. The highest BCUT2D eigenvalue weighted by Gasteiger charge is 2.35. The third-order valence-electron chi connectivity index (χ3n) is 4.23. The number of imide groups is 1. The Morgan fingerprint density at radius 1 is 1.26 bits per heavy atom. The lowest BCUT2D eigenvalue weighted by molar-refractivity contribution is -0.123. The number of thioether (sulfide) groups is 1. The molecule has 1 aromatic carbocycles. The number of benzene rings is 1. The minimum Gasteiger partial charge on any atom is -0.326 e. The van der Waals surface area contributed by atoms with Crippen LogP contribution in [0.3, 0.4) is 0 Å². The summed E-state index contributed by atoms with van der Waals surface area (Å²) in [5.41, 5.74) is 0.238. The lowest BCUT2D eigenvalue weighted by Gasteiger charge is -2.15. The van der Waals surface area contributed by atoms with Crippen LogP contribution >= 0.6 is 34.7 Å². The van der Waals surface area contributed by atoms with E-state index < -0.39 is 27.1 Å². The number of amides is 3. The van der Waals surface area contributed by atoms with E-state index >= 15 is 0 Å². The van der Waals surface area contributed by atoms with E-state index in [4.69, 9.17) is 11.6 Å². The highest BCUT2D eigenvalue weighted by Crippen LogP contribution is 2.33. The quantitative estimate of drug-likeness (QED) is 0.582. The number of hydrogen-bond acceptors (Lipinski definition) is 7. The normalized spacial score (nSPS) is 15.9. The molecule has 0 saturated carbocycles. The maximum absolute atomic E-state index is 12.5. The number of rotatable bonds is 7. The first-order valence-electron chi connectivity index (χ1n) is 8.90. The number of anilines is 1. The fourth-order valence-electron chi connectivity index (χ4n) is 2.61. The summed E-state index contributed by atoms with van der Waals surface area (Å²) >= 11 is 8.28. The number of sulfonamides is 1. The van der Waals surface area contributed by atoms with Crippen molar-refractivity contribution in [1.29, 1.82) is 0 Å². The molecule has 2 aromatic rings. The van der Waals surface area contributed by atoms with E-state index in [-0.39, 0.29) is 28.6 Å². The topological polar surface area (TPSA) is 104 Å². The average molecular weight is 500 g/mol. The van der Waals surface area contributed by atoms with Crippen LogP contribution in [0.5, 0.6) is 0 Å². The number of hydrogen-bond donors (Lipinski definition) is 1. The van der Waals surface area contributed by atoms with Gasteiger partial charge in [0.05, 0.1) is 9.93 Å². The van der Waals surface area contributed by atoms with Gasteiger partial charge in [-0.1, -0.05) is 17.7 Å². The smallest absolute Gasteiger partial charge is 0.293 e. The van der Waals surface area contributed by atoms with Crippen molar-refractivity contribution in [2.24, 2.45) is 0 Å². The van der Waals surface area contributed by atoms with Gasteiger partial charge in [-0.3, -0.25) is 19.3 Å². The summed E-state index contributed by atoms with van der Waals surface area (Å²) < 4.78 is 25.7. The lowest BCUT2D eigenvalue weighted by atomic mass is 10.3. The van der Waals surface area contributed by atoms with Crippen LogP contribution in [0, 0.1) is 0 Å². The standard InChI is InChI=1S/C19H18ClN3O5S3/c1-22(2)31(27,28)16-10-12(5-6-14(16)20)21-17(24)7-8-23-18(25)15(30-19(23)26)11-13-4-3-9-29-13/h3-6,9-11H,7-8H2,1-2H3,(H,21,24)/b15-11-. The van der Waals surface area contributed by atoms with Gasteiger partial charge in [-0.15, -0.1) is 11.3 Å². The minimum absolute atomic E-state index is 0.0297. The molecule has 1 aliphatic heterocycles. The van der Waals surface area contributed by atoms with E-state index in [0.717, 1.165) is 25.8 Å². The molecule has 1 fully saturated rings. The van der Waals surface area contributed by atoms with Crippen molar-refractivity contribution in [1.82, 2.24) is 9.21 Å². The van der Waals surface area contributed by atoms with Crippen molar-refractivity contribution >= 4 is 73.5 Å². The Bertz CT molecular complexity index is 1160. The van der Waals surface area contributed by atoms with Crippen molar-refractivity contribution in [3.8, 4) is 0 Å². The van der Waals surface area contributed by atoms with E-state index in [9.17, 15) is 22.8 Å². The monoisotopic (exact) mass is 499 g/mol. The van der Waals surface area contributed by atoms with Gasteiger partial charge in [0.15, 0.2) is 0 Å². The Balaban J connectivity index is 1.64. The summed E-state index contributed by atoms with van der Waals surface area (Å²) in [5, 5.41) is 4.03. The molecule has 8 nitrogen and oxygen atoms in total. The van der Waals surface area contributed by atoms with Crippen LogP contribution in [0.2, 0.25) is 5.02 Å². The third kappa shape index (κ3) is 5.36. The SMILES string of the molecule is CN(C)S(=O)(=O)c1cc(NC(=O)CCN2C(=O)S/C(=C\c3cccs3)C2=O)ccc1Cl. The Morgan fingerprint density at radius 3 is 2.65 bits per heavy atom. The first-order valence-corrected chi connectivity index (χ1v) is 12.4. The molecule has 164 valence electrons. The summed E-state index contributed by atoms with van der Waals surface area (Å²) in [6.07, 6.45) is 1.51. The predicted molar refractivity (Wildman–Crippen MR) is 123 cm³/mol. The lowest BCUT2D eigenvalue weighted by Crippen LogP contribution is -2.31. The van der Waals surface area contributed by atoms with E-state index in [0.29, 0.717) is 4.91 Å². The van der Waals surface area contributed by atoms with Gasteiger partial charge >= 0.3 is 0 Å². The molecule has 1 saturated heterocycles. The molecule has 0 aliphatic carbocycles. The zero-order valence-electron chi connectivity index (χ0n) is 16.5. The molecular formula is C19H18ClN3O5S3. The molecule has 0 atom stereocenters. The molecule has 0 radical (unpaired) electrons. The summed E-state index contributed by atoms with van der Waals surface area (Å²) in [4.78, 5) is 39.0. The van der Waals surface area contributed by atoms with Crippen LogP contribution < -0.4 is 5.32 Å². The molecule has 1 N–H and O–H groups in total.